The quantitative estimate of drug-likeness (QED) is 0.779. The zero-order valence-corrected chi connectivity index (χ0v) is 13.0. The van der Waals surface area contributed by atoms with Crippen LogP contribution in [0.1, 0.15) is 62.9 Å². The molecule has 0 amide bonds. The number of nitrogens with zero attached hydrogens (tertiary/aromatic N) is 1. The fraction of sp³-hybridized carbons (Fsp3) is 0.588. The first-order valence-corrected chi connectivity index (χ1v) is 7.33. The third kappa shape index (κ3) is 3.10. The van der Waals surface area contributed by atoms with E-state index in [2.05, 4.69) is 32.8 Å². The Kier molecular flexibility index (Phi) is 4.31. The number of hydrogen-bond donors (Lipinski definition) is 0. The van der Waals surface area contributed by atoms with E-state index in [-0.39, 0.29) is 11.1 Å². The molecule has 0 N–H and O–H groups in total. The van der Waals surface area contributed by atoms with Crippen LogP contribution in [0.5, 0.6) is 0 Å². The number of hydrogen-bond acceptors (Lipinski definition) is 3. The summed E-state index contributed by atoms with van der Waals surface area (Å²) in [5.41, 5.74) is 1.70. The number of rotatable bonds is 4. The van der Waals surface area contributed by atoms with Crippen LogP contribution in [-0.2, 0) is 11.4 Å². The van der Waals surface area contributed by atoms with E-state index in [0.29, 0.717) is 12.2 Å². The SMILES string of the molecule is CC1(C)CCCC(C)(C)N1OCc1ccccc1C=O. The lowest BCUT2D eigenvalue weighted by atomic mass is 9.82. The second-order valence-electron chi connectivity index (χ2n) is 6.86. The van der Waals surface area contributed by atoms with Gasteiger partial charge < -0.3 is 0 Å². The third-order valence-electron chi connectivity index (χ3n) is 4.21. The lowest BCUT2D eigenvalue weighted by Crippen LogP contribution is -2.58. The minimum Gasteiger partial charge on any atom is -0.298 e. The molecule has 0 unspecified atom stereocenters. The fourth-order valence-electron chi connectivity index (χ4n) is 3.24. The zero-order chi connectivity index (χ0) is 14.8. The van der Waals surface area contributed by atoms with Crippen molar-refractivity contribution in [3.8, 4) is 0 Å². The van der Waals surface area contributed by atoms with Crippen molar-refractivity contribution in [2.24, 2.45) is 0 Å². The Bertz CT molecular complexity index is 464. The van der Waals surface area contributed by atoms with Gasteiger partial charge in [0.15, 0.2) is 0 Å². The number of benzene rings is 1. The molecule has 0 bridgehead atoms. The van der Waals surface area contributed by atoms with Crippen molar-refractivity contribution in [3.63, 3.8) is 0 Å². The largest absolute Gasteiger partial charge is 0.298 e. The van der Waals surface area contributed by atoms with Crippen LogP contribution in [0.25, 0.3) is 0 Å². The Morgan fingerprint density at radius 1 is 1.15 bits per heavy atom. The van der Waals surface area contributed by atoms with Crippen LogP contribution in [0.3, 0.4) is 0 Å². The molecule has 2 rings (SSSR count). The number of hydroxylamine groups is 2. The van der Waals surface area contributed by atoms with Gasteiger partial charge in [0, 0.05) is 16.6 Å². The predicted octanol–water partition coefficient (Wildman–Crippen LogP) is 3.97. The first-order valence-electron chi connectivity index (χ1n) is 7.33. The highest BCUT2D eigenvalue weighted by molar-refractivity contribution is 5.76. The Hall–Kier alpha value is -1.19. The molecule has 0 aliphatic carbocycles. The molecule has 1 aliphatic rings. The van der Waals surface area contributed by atoms with Crippen LogP contribution in [0.15, 0.2) is 24.3 Å². The smallest absolute Gasteiger partial charge is 0.150 e. The molecule has 1 aromatic carbocycles. The van der Waals surface area contributed by atoms with E-state index >= 15 is 0 Å². The molecule has 0 spiro atoms. The number of carbonyl (C=O) groups excluding carboxylic acids is 1. The average molecular weight is 275 g/mol. The molecule has 1 fully saturated rings. The summed E-state index contributed by atoms with van der Waals surface area (Å²) < 4.78 is 0. The standard InChI is InChI=1S/C17H25NO2/c1-16(2)10-7-11-17(3,4)18(16)20-13-15-9-6-5-8-14(15)12-19/h5-6,8-9,12H,7,10-11,13H2,1-4H3. The van der Waals surface area contributed by atoms with E-state index in [1.165, 1.54) is 6.42 Å². The van der Waals surface area contributed by atoms with E-state index in [1.54, 1.807) is 0 Å². The summed E-state index contributed by atoms with van der Waals surface area (Å²) in [6, 6.07) is 7.60. The van der Waals surface area contributed by atoms with Crippen molar-refractivity contribution in [1.82, 2.24) is 5.06 Å². The fourth-order valence-corrected chi connectivity index (χ4v) is 3.24. The molecule has 0 radical (unpaired) electrons. The predicted molar refractivity (Wildman–Crippen MR) is 80.5 cm³/mol. The highest BCUT2D eigenvalue weighted by Crippen LogP contribution is 2.38. The number of piperidine rings is 1. The first-order chi connectivity index (χ1) is 9.37. The molecular formula is C17H25NO2. The van der Waals surface area contributed by atoms with Crippen LogP contribution in [0.2, 0.25) is 0 Å². The molecule has 1 saturated heterocycles. The Labute approximate surface area is 121 Å². The van der Waals surface area contributed by atoms with Crippen LogP contribution >= 0.6 is 0 Å². The summed E-state index contributed by atoms with van der Waals surface area (Å²) in [5.74, 6) is 0. The summed E-state index contributed by atoms with van der Waals surface area (Å²) in [6.45, 7) is 9.33. The van der Waals surface area contributed by atoms with Crippen molar-refractivity contribution in [2.45, 2.75) is 64.6 Å². The van der Waals surface area contributed by atoms with Gasteiger partial charge in [-0.05, 0) is 52.5 Å². The van der Waals surface area contributed by atoms with Gasteiger partial charge in [-0.1, -0.05) is 24.3 Å². The third-order valence-corrected chi connectivity index (χ3v) is 4.21. The van der Waals surface area contributed by atoms with Gasteiger partial charge >= 0.3 is 0 Å². The van der Waals surface area contributed by atoms with Crippen molar-refractivity contribution in [1.29, 1.82) is 0 Å². The first kappa shape index (κ1) is 15.2. The Morgan fingerprint density at radius 3 is 2.35 bits per heavy atom. The molecule has 110 valence electrons. The van der Waals surface area contributed by atoms with E-state index in [0.717, 1.165) is 24.7 Å². The highest BCUT2D eigenvalue weighted by atomic mass is 16.7. The van der Waals surface area contributed by atoms with Crippen molar-refractivity contribution in [3.05, 3.63) is 35.4 Å². The monoisotopic (exact) mass is 275 g/mol. The van der Waals surface area contributed by atoms with Crippen LogP contribution in [-0.4, -0.2) is 22.4 Å². The van der Waals surface area contributed by atoms with Gasteiger partial charge in [-0.2, -0.15) is 5.06 Å². The molecule has 3 heteroatoms. The molecule has 1 heterocycles. The van der Waals surface area contributed by atoms with Gasteiger partial charge in [-0.15, -0.1) is 0 Å². The second-order valence-corrected chi connectivity index (χ2v) is 6.86. The van der Waals surface area contributed by atoms with Gasteiger partial charge in [0.2, 0.25) is 0 Å². The van der Waals surface area contributed by atoms with E-state index in [1.807, 2.05) is 24.3 Å². The van der Waals surface area contributed by atoms with Crippen LogP contribution < -0.4 is 0 Å². The van der Waals surface area contributed by atoms with Gasteiger partial charge in [0.1, 0.15) is 6.29 Å². The van der Waals surface area contributed by atoms with E-state index < -0.39 is 0 Å². The number of carbonyl (C=O) groups is 1. The Balaban J connectivity index is 2.13. The maximum Gasteiger partial charge on any atom is 0.150 e. The minimum absolute atomic E-state index is 0.0257. The number of aldehydes is 1. The lowest BCUT2D eigenvalue weighted by molar-refractivity contribution is -0.288. The Morgan fingerprint density at radius 2 is 1.75 bits per heavy atom. The van der Waals surface area contributed by atoms with Crippen molar-refractivity contribution >= 4 is 6.29 Å². The molecule has 1 aromatic rings. The maximum atomic E-state index is 11.1. The molecule has 0 atom stereocenters. The van der Waals surface area contributed by atoms with Crippen molar-refractivity contribution in [2.75, 3.05) is 0 Å². The van der Waals surface area contributed by atoms with E-state index in [4.69, 9.17) is 4.84 Å². The van der Waals surface area contributed by atoms with Gasteiger partial charge in [-0.25, -0.2) is 0 Å². The molecule has 0 aromatic heterocycles. The molecule has 1 aliphatic heterocycles. The summed E-state index contributed by atoms with van der Waals surface area (Å²) in [4.78, 5) is 17.2. The molecular weight excluding hydrogens is 250 g/mol. The topological polar surface area (TPSA) is 29.5 Å². The molecule has 0 saturated carbocycles. The molecule has 20 heavy (non-hydrogen) atoms. The normalized spacial score (nSPS) is 21.6. The maximum absolute atomic E-state index is 11.1. The summed E-state index contributed by atoms with van der Waals surface area (Å²) in [7, 11) is 0. The minimum atomic E-state index is 0.0257. The average Bonchev–Trinajstić information content (AvgIpc) is 2.37. The molecule has 3 nitrogen and oxygen atoms in total. The zero-order valence-electron chi connectivity index (χ0n) is 13.0. The summed E-state index contributed by atoms with van der Waals surface area (Å²) >= 11 is 0. The van der Waals surface area contributed by atoms with Gasteiger partial charge in [-0.3, -0.25) is 9.63 Å². The summed E-state index contributed by atoms with van der Waals surface area (Å²) in [6.07, 6.45) is 4.38. The second kappa shape index (κ2) is 5.66. The van der Waals surface area contributed by atoms with Crippen LogP contribution in [0.4, 0.5) is 0 Å². The van der Waals surface area contributed by atoms with Gasteiger partial charge in [0.25, 0.3) is 0 Å². The summed E-state index contributed by atoms with van der Waals surface area (Å²) in [5, 5.41) is 2.13. The van der Waals surface area contributed by atoms with Crippen LogP contribution in [0, 0.1) is 0 Å². The van der Waals surface area contributed by atoms with Gasteiger partial charge in [0.05, 0.1) is 6.61 Å². The van der Waals surface area contributed by atoms with E-state index in [9.17, 15) is 4.79 Å². The lowest BCUT2D eigenvalue weighted by Gasteiger charge is -2.51. The highest BCUT2D eigenvalue weighted by Gasteiger charge is 2.42. The van der Waals surface area contributed by atoms with Crippen molar-refractivity contribution < 1.29 is 9.63 Å².